The van der Waals surface area contributed by atoms with Crippen LogP contribution in [0.2, 0.25) is 0 Å². The van der Waals surface area contributed by atoms with E-state index in [1.54, 1.807) is 0 Å². The minimum atomic E-state index is 0.0348. The SMILES string of the molecule is Cc1ccccc1NC(=O)CN1CCC(c2nnc(C(C)C)o2)CC1. The summed E-state index contributed by atoms with van der Waals surface area (Å²) < 4.78 is 5.77. The van der Waals surface area contributed by atoms with Gasteiger partial charge in [-0.2, -0.15) is 0 Å². The monoisotopic (exact) mass is 342 g/mol. The third kappa shape index (κ3) is 4.45. The highest BCUT2D eigenvalue weighted by Gasteiger charge is 2.26. The third-order valence-corrected chi connectivity index (χ3v) is 4.67. The van der Waals surface area contributed by atoms with Crippen molar-refractivity contribution in [3.05, 3.63) is 41.6 Å². The summed E-state index contributed by atoms with van der Waals surface area (Å²) in [5.74, 6) is 2.04. The first-order valence-corrected chi connectivity index (χ1v) is 8.94. The van der Waals surface area contributed by atoms with Crippen LogP contribution in [0.15, 0.2) is 28.7 Å². The van der Waals surface area contributed by atoms with E-state index in [1.807, 2.05) is 45.0 Å². The second-order valence-corrected chi connectivity index (χ2v) is 7.05. The normalized spacial score (nSPS) is 16.3. The van der Waals surface area contributed by atoms with Crippen molar-refractivity contribution in [1.29, 1.82) is 0 Å². The Hall–Kier alpha value is -2.21. The van der Waals surface area contributed by atoms with Gasteiger partial charge in [-0.15, -0.1) is 10.2 Å². The smallest absolute Gasteiger partial charge is 0.238 e. The van der Waals surface area contributed by atoms with E-state index in [4.69, 9.17) is 4.42 Å². The summed E-state index contributed by atoms with van der Waals surface area (Å²) in [6, 6.07) is 7.83. The van der Waals surface area contributed by atoms with Crippen molar-refractivity contribution < 1.29 is 9.21 Å². The summed E-state index contributed by atoms with van der Waals surface area (Å²) in [5, 5.41) is 11.3. The number of hydrogen-bond donors (Lipinski definition) is 1. The van der Waals surface area contributed by atoms with E-state index >= 15 is 0 Å². The van der Waals surface area contributed by atoms with Crippen LogP contribution in [0.3, 0.4) is 0 Å². The first-order chi connectivity index (χ1) is 12.0. The summed E-state index contributed by atoms with van der Waals surface area (Å²) >= 11 is 0. The zero-order chi connectivity index (χ0) is 17.8. The van der Waals surface area contributed by atoms with Gasteiger partial charge in [-0.05, 0) is 44.5 Å². The molecule has 0 aliphatic carbocycles. The average Bonchev–Trinajstić information content (AvgIpc) is 3.08. The predicted molar refractivity (Wildman–Crippen MR) is 96.6 cm³/mol. The molecule has 0 atom stereocenters. The average molecular weight is 342 g/mol. The number of nitrogens with one attached hydrogen (secondary N) is 1. The molecule has 1 amide bonds. The summed E-state index contributed by atoms with van der Waals surface area (Å²) in [6.07, 6.45) is 1.88. The maximum atomic E-state index is 12.3. The van der Waals surface area contributed by atoms with E-state index in [-0.39, 0.29) is 11.8 Å². The zero-order valence-electron chi connectivity index (χ0n) is 15.2. The maximum absolute atomic E-state index is 12.3. The molecule has 2 heterocycles. The number of aromatic nitrogens is 2. The van der Waals surface area contributed by atoms with Crippen molar-refractivity contribution in [2.45, 2.75) is 45.4 Å². The molecule has 0 spiro atoms. The Morgan fingerprint density at radius 1 is 1.28 bits per heavy atom. The first kappa shape index (κ1) is 17.6. The van der Waals surface area contributed by atoms with E-state index in [0.717, 1.165) is 43.1 Å². The fourth-order valence-corrected chi connectivity index (χ4v) is 3.09. The highest BCUT2D eigenvalue weighted by molar-refractivity contribution is 5.92. The number of likely N-dealkylation sites (tertiary alicyclic amines) is 1. The number of piperidine rings is 1. The molecule has 1 N–H and O–H groups in total. The van der Waals surface area contributed by atoms with Gasteiger partial charge in [0.1, 0.15) is 0 Å². The quantitative estimate of drug-likeness (QED) is 0.902. The molecule has 0 bridgehead atoms. The van der Waals surface area contributed by atoms with Crippen LogP contribution in [-0.2, 0) is 4.79 Å². The Bertz CT molecular complexity index is 718. The molecule has 25 heavy (non-hydrogen) atoms. The molecule has 1 saturated heterocycles. The largest absolute Gasteiger partial charge is 0.425 e. The number of benzene rings is 1. The van der Waals surface area contributed by atoms with Crippen LogP contribution in [0.4, 0.5) is 5.69 Å². The van der Waals surface area contributed by atoms with Crippen LogP contribution in [-0.4, -0.2) is 40.6 Å². The molecular formula is C19H26N4O2. The molecule has 134 valence electrons. The van der Waals surface area contributed by atoms with Crippen LogP contribution >= 0.6 is 0 Å². The Morgan fingerprint density at radius 2 is 2.00 bits per heavy atom. The standard InChI is InChI=1S/C19H26N4O2/c1-13(2)18-21-22-19(25-18)15-8-10-23(11-9-15)12-17(24)20-16-7-5-4-6-14(16)3/h4-7,13,15H,8-12H2,1-3H3,(H,20,24). The van der Waals surface area contributed by atoms with Gasteiger partial charge >= 0.3 is 0 Å². The van der Waals surface area contributed by atoms with E-state index in [9.17, 15) is 4.79 Å². The molecule has 0 unspecified atom stereocenters. The number of amides is 1. The summed E-state index contributed by atoms with van der Waals surface area (Å²) in [6.45, 7) is 8.25. The van der Waals surface area contributed by atoms with Crippen molar-refractivity contribution in [3.63, 3.8) is 0 Å². The van der Waals surface area contributed by atoms with Gasteiger partial charge in [-0.1, -0.05) is 32.0 Å². The topological polar surface area (TPSA) is 71.3 Å². The summed E-state index contributed by atoms with van der Waals surface area (Å²) in [7, 11) is 0. The fraction of sp³-hybridized carbons (Fsp3) is 0.526. The molecule has 0 radical (unpaired) electrons. The molecule has 1 aromatic heterocycles. The van der Waals surface area contributed by atoms with Gasteiger partial charge in [0, 0.05) is 17.5 Å². The first-order valence-electron chi connectivity index (χ1n) is 8.94. The van der Waals surface area contributed by atoms with Crippen molar-refractivity contribution in [2.24, 2.45) is 0 Å². The van der Waals surface area contributed by atoms with Crippen LogP contribution in [0.25, 0.3) is 0 Å². The highest BCUT2D eigenvalue weighted by Crippen LogP contribution is 2.28. The molecule has 1 aliphatic rings. The molecular weight excluding hydrogens is 316 g/mol. The highest BCUT2D eigenvalue weighted by atomic mass is 16.4. The van der Waals surface area contributed by atoms with Crippen LogP contribution < -0.4 is 5.32 Å². The zero-order valence-corrected chi connectivity index (χ0v) is 15.2. The Labute approximate surface area is 148 Å². The molecule has 2 aromatic rings. The molecule has 1 aliphatic heterocycles. The number of carbonyl (C=O) groups excluding carboxylic acids is 1. The molecule has 1 fully saturated rings. The van der Waals surface area contributed by atoms with Crippen molar-refractivity contribution in [1.82, 2.24) is 15.1 Å². The van der Waals surface area contributed by atoms with Gasteiger partial charge in [0.15, 0.2) is 0 Å². The lowest BCUT2D eigenvalue weighted by Gasteiger charge is -2.29. The minimum Gasteiger partial charge on any atom is -0.425 e. The van der Waals surface area contributed by atoms with Gasteiger partial charge in [-0.25, -0.2) is 0 Å². The van der Waals surface area contributed by atoms with Crippen molar-refractivity contribution in [3.8, 4) is 0 Å². The van der Waals surface area contributed by atoms with Gasteiger partial charge in [0.05, 0.1) is 6.54 Å². The minimum absolute atomic E-state index is 0.0348. The van der Waals surface area contributed by atoms with E-state index in [0.29, 0.717) is 18.4 Å². The van der Waals surface area contributed by atoms with Crippen LogP contribution in [0.5, 0.6) is 0 Å². The maximum Gasteiger partial charge on any atom is 0.238 e. The van der Waals surface area contributed by atoms with E-state index in [2.05, 4.69) is 20.4 Å². The predicted octanol–water partition coefficient (Wildman–Crippen LogP) is 3.32. The summed E-state index contributed by atoms with van der Waals surface area (Å²) in [5.41, 5.74) is 1.96. The number of carbonyl (C=O) groups is 1. The number of anilines is 1. The Morgan fingerprint density at radius 3 is 2.64 bits per heavy atom. The van der Waals surface area contributed by atoms with Gasteiger partial charge in [0.25, 0.3) is 0 Å². The summed E-state index contributed by atoms with van der Waals surface area (Å²) in [4.78, 5) is 14.5. The molecule has 6 nitrogen and oxygen atoms in total. The molecule has 6 heteroatoms. The lowest BCUT2D eigenvalue weighted by Crippen LogP contribution is -2.38. The van der Waals surface area contributed by atoms with E-state index in [1.165, 1.54) is 0 Å². The van der Waals surface area contributed by atoms with Gasteiger partial charge in [0.2, 0.25) is 17.7 Å². The molecule has 3 rings (SSSR count). The number of aryl methyl sites for hydroxylation is 1. The number of rotatable bonds is 5. The van der Waals surface area contributed by atoms with Crippen LogP contribution in [0, 0.1) is 6.92 Å². The second-order valence-electron chi connectivity index (χ2n) is 7.05. The number of para-hydroxylation sites is 1. The Balaban J connectivity index is 1.49. The lowest BCUT2D eigenvalue weighted by molar-refractivity contribution is -0.117. The van der Waals surface area contributed by atoms with Crippen molar-refractivity contribution >= 4 is 11.6 Å². The third-order valence-electron chi connectivity index (χ3n) is 4.67. The number of hydrogen-bond acceptors (Lipinski definition) is 5. The number of nitrogens with zero attached hydrogens (tertiary/aromatic N) is 3. The van der Waals surface area contributed by atoms with Crippen LogP contribution in [0.1, 0.15) is 55.9 Å². The van der Waals surface area contributed by atoms with Gasteiger partial charge in [-0.3, -0.25) is 9.69 Å². The molecule has 1 aromatic carbocycles. The Kier molecular flexibility index (Phi) is 5.48. The van der Waals surface area contributed by atoms with Gasteiger partial charge < -0.3 is 9.73 Å². The van der Waals surface area contributed by atoms with Crippen molar-refractivity contribution in [2.75, 3.05) is 25.0 Å². The lowest BCUT2D eigenvalue weighted by atomic mass is 9.97. The second kappa shape index (κ2) is 7.78. The van der Waals surface area contributed by atoms with E-state index < -0.39 is 0 Å². The fourth-order valence-electron chi connectivity index (χ4n) is 3.09. The molecule has 0 saturated carbocycles.